The molecule has 0 spiro atoms. The number of hydrogen-bond acceptors (Lipinski definition) is 3. The van der Waals surface area contributed by atoms with E-state index in [0.29, 0.717) is 16.4 Å². The summed E-state index contributed by atoms with van der Waals surface area (Å²) in [5.41, 5.74) is 1.29. The van der Waals surface area contributed by atoms with Crippen LogP contribution in [0.4, 0.5) is 5.69 Å². The van der Waals surface area contributed by atoms with Gasteiger partial charge in [0.1, 0.15) is 6.10 Å². The quantitative estimate of drug-likeness (QED) is 0.935. The first-order valence-corrected chi connectivity index (χ1v) is 6.11. The molecule has 0 bridgehead atoms. The van der Waals surface area contributed by atoms with Crippen molar-refractivity contribution in [3.8, 4) is 5.69 Å². The number of amides is 1. The molecule has 0 aliphatic heterocycles. The van der Waals surface area contributed by atoms with Gasteiger partial charge >= 0.3 is 0 Å². The van der Waals surface area contributed by atoms with Gasteiger partial charge in [0.2, 0.25) is 0 Å². The van der Waals surface area contributed by atoms with Crippen LogP contribution in [0, 0.1) is 0 Å². The second-order valence-corrected chi connectivity index (χ2v) is 4.38. The number of imidazole rings is 1. The Morgan fingerprint density at radius 2 is 2.32 bits per heavy atom. The Hall–Kier alpha value is -1.85. The van der Waals surface area contributed by atoms with E-state index in [9.17, 15) is 4.79 Å². The van der Waals surface area contributed by atoms with Gasteiger partial charge in [-0.15, -0.1) is 0 Å². The lowest BCUT2D eigenvalue weighted by atomic mass is 10.2. The van der Waals surface area contributed by atoms with Crippen molar-refractivity contribution < 1.29 is 9.53 Å². The number of nitrogens with zero attached hydrogens (tertiary/aromatic N) is 2. The van der Waals surface area contributed by atoms with Gasteiger partial charge in [-0.2, -0.15) is 0 Å². The van der Waals surface area contributed by atoms with E-state index >= 15 is 0 Å². The molecule has 0 radical (unpaired) electrons. The number of carbonyl (C=O) groups is 1. The second kappa shape index (κ2) is 5.86. The Morgan fingerprint density at radius 3 is 2.95 bits per heavy atom. The van der Waals surface area contributed by atoms with E-state index < -0.39 is 6.10 Å². The highest BCUT2D eigenvalue weighted by Gasteiger charge is 2.15. The Kier molecular flexibility index (Phi) is 4.19. The maximum atomic E-state index is 11.9. The molecular formula is C13H14ClN3O2. The van der Waals surface area contributed by atoms with Crippen molar-refractivity contribution in [2.75, 3.05) is 12.4 Å². The lowest BCUT2D eigenvalue weighted by Gasteiger charge is -2.15. The number of nitrogens with one attached hydrogen (secondary N) is 1. The molecule has 0 saturated heterocycles. The smallest absolute Gasteiger partial charge is 0.253 e. The van der Waals surface area contributed by atoms with Gasteiger partial charge in [-0.3, -0.25) is 4.79 Å². The van der Waals surface area contributed by atoms with Crippen LogP contribution in [0.2, 0.25) is 5.02 Å². The summed E-state index contributed by atoms with van der Waals surface area (Å²) in [7, 11) is 1.49. The average molecular weight is 280 g/mol. The molecule has 2 aromatic rings. The van der Waals surface area contributed by atoms with Crippen molar-refractivity contribution >= 4 is 23.2 Å². The van der Waals surface area contributed by atoms with Gasteiger partial charge in [-0.25, -0.2) is 4.98 Å². The SMILES string of the molecule is COC(C)C(=O)Nc1cccc(Cl)c1-n1ccnc1. The molecule has 2 rings (SSSR count). The maximum absolute atomic E-state index is 11.9. The van der Waals surface area contributed by atoms with Gasteiger partial charge < -0.3 is 14.6 Å². The fourth-order valence-corrected chi connectivity index (χ4v) is 1.88. The van der Waals surface area contributed by atoms with Crippen LogP contribution in [0.1, 0.15) is 6.92 Å². The number of ether oxygens (including phenoxy) is 1. The van der Waals surface area contributed by atoms with E-state index in [-0.39, 0.29) is 5.91 Å². The number of carbonyl (C=O) groups excluding carboxylic acids is 1. The van der Waals surface area contributed by atoms with Crippen LogP contribution in [0.3, 0.4) is 0 Å². The molecule has 0 aliphatic rings. The minimum atomic E-state index is -0.533. The van der Waals surface area contributed by atoms with Crippen LogP contribution in [0.5, 0.6) is 0 Å². The Labute approximate surface area is 116 Å². The third-order valence-electron chi connectivity index (χ3n) is 2.73. The predicted molar refractivity (Wildman–Crippen MR) is 73.7 cm³/mol. The van der Waals surface area contributed by atoms with Crippen molar-refractivity contribution in [2.24, 2.45) is 0 Å². The van der Waals surface area contributed by atoms with Gasteiger partial charge in [-0.05, 0) is 19.1 Å². The first-order valence-electron chi connectivity index (χ1n) is 5.74. The van der Waals surface area contributed by atoms with Gasteiger partial charge in [0, 0.05) is 19.5 Å². The van der Waals surface area contributed by atoms with Crippen molar-refractivity contribution in [3.63, 3.8) is 0 Å². The van der Waals surface area contributed by atoms with Crippen LogP contribution in [-0.2, 0) is 9.53 Å². The summed E-state index contributed by atoms with van der Waals surface area (Å²) in [4.78, 5) is 15.9. The summed E-state index contributed by atoms with van der Waals surface area (Å²) in [5, 5.41) is 3.32. The zero-order valence-corrected chi connectivity index (χ0v) is 11.4. The zero-order chi connectivity index (χ0) is 13.8. The molecule has 0 saturated carbocycles. The van der Waals surface area contributed by atoms with Gasteiger partial charge in [0.15, 0.2) is 0 Å². The monoisotopic (exact) mass is 279 g/mol. The Bertz CT molecular complexity index is 569. The fraction of sp³-hybridized carbons (Fsp3) is 0.231. The van der Waals surface area contributed by atoms with Crippen LogP contribution in [0.25, 0.3) is 5.69 Å². The number of rotatable bonds is 4. The molecule has 1 amide bonds. The number of halogens is 1. The summed E-state index contributed by atoms with van der Waals surface area (Å²) in [6, 6.07) is 5.31. The second-order valence-electron chi connectivity index (χ2n) is 3.97. The van der Waals surface area contributed by atoms with Crippen molar-refractivity contribution in [1.29, 1.82) is 0 Å². The summed E-state index contributed by atoms with van der Waals surface area (Å²) in [6.07, 6.45) is 4.49. The Morgan fingerprint density at radius 1 is 1.53 bits per heavy atom. The summed E-state index contributed by atoms with van der Waals surface area (Å²) in [5.74, 6) is -0.230. The van der Waals surface area contributed by atoms with Crippen LogP contribution in [-0.4, -0.2) is 28.7 Å². The molecule has 1 aromatic heterocycles. The molecule has 1 aromatic carbocycles. The summed E-state index contributed by atoms with van der Waals surface area (Å²) < 4.78 is 6.73. The topological polar surface area (TPSA) is 56.1 Å². The zero-order valence-electron chi connectivity index (χ0n) is 10.6. The fourth-order valence-electron chi connectivity index (χ4n) is 1.61. The highest BCUT2D eigenvalue weighted by Crippen LogP contribution is 2.28. The third kappa shape index (κ3) is 2.94. The van der Waals surface area contributed by atoms with E-state index in [1.807, 2.05) is 0 Å². The minimum Gasteiger partial charge on any atom is -0.372 e. The van der Waals surface area contributed by atoms with E-state index in [1.54, 1.807) is 48.4 Å². The van der Waals surface area contributed by atoms with E-state index in [1.165, 1.54) is 7.11 Å². The van der Waals surface area contributed by atoms with Crippen LogP contribution in [0.15, 0.2) is 36.9 Å². The molecule has 1 N–H and O–H groups in total. The van der Waals surface area contributed by atoms with Crippen molar-refractivity contribution in [2.45, 2.75) is 13.0 Å². The van der Waals surface area contributed by atoms with Crippen molar-refractivity contribution in [3.05, 3.63) is 41.9 Å². The number of benzene rings is 1. The Balaban J connectivity index is 2.36. The van der Waals surface area contributed by atoms with Gasteiger partial charge in [0.05, 0.1) is 22.7 Å². The number of anilines is 1. The van der Waals surface area contributed by atoms with E-state index in [0.717, 1.165) is 0 Å². The molecular weight excluding hydrogens is 266 g/mol. The molecule has 1 unspecified atom stereocenters. The first-order chi connectivity index (χ1) is 9.13. The van der Waals surface area contributed by atoms with Crippen LogP contribution < -0.4 is 5.32 Å². The number of hydrogen-bond donors (Lipinski definition) is 1. The summed E-state index contributed by atoms with van der Waals surface area (Å²) in [6.45, 7) is 1.68. The highest BCUT2D eigenvalue weighted by molar-refractivity contribution is 6.33. The van der Waals surface area contributed by atoms with E-state index in [2.05, 4.69) is 10.3 Å². The number of para-hydroxylation sites is 1. The van der Waals surface area contributed by atoms with E-state index in [4.69, 9.17) is 16.3 Å². The van der Waals surface area contributed by atoms with Crippen LogP contribution >= 0.6 is 11.6 Å². The molecule has 1 heterocycles. The lowest BCUT2D eigenvalue weighted by Crippen LogP contribution is -2.27. The summed E-state index contributed by atoms with van der Waals surface area (Å²) >= 11 is 6.19. The van der Waals surface area contributed by atoms with Crippen molar-refractivity contribution in [1.82, 2.24) is 9.55 Å². The molecule has 100 valence electrons. The third-order valence-corrected chi connectivity index (χ3v) is 3.04. The molecule has 6 heteroatoms. The molecule has 0 fully saturated rings. The molecule has 0 aliphatic carbocycles. The molecule has 1 atom stereocenters. The maximum Gasteiger partial charge on any atom is 0.253 e. The normalized spacial score (nSPS) is 12.2. The lowest BCUT2D eigenvalue weighted by molar-refractivity contribution is -0.124. The van der Waals surface area contributed by atoms with Gasteiger partial charge in [0.25, 0.3) is 5.91 Å². The van der Waals surface area contributed by atoms with Gasteiger partial charge in [-0.1, -0.05) is 17.7 Å². The predicted octanol–water partition coefficient (Wildman–Crippen LogP) is 2.50. The molecule has 19 heavy (non-hydrogen) atoms. The number of aromatic nitrogens is 2. The first kappa shape index (κ1) is 13.6. The molecule has 5 nitrogen and oxygen atoms in total. The average Bonchev–Trinajstić information content (AvgIpc) is 2.91. The highest BCUT2D eigenvalue weighted by atomic mass is 35.5. The number of methoxy groups -OCH3 is 1. The standard InChI is InChI=1S/C13H14ClN3O2/c1-9(19-2)13(18)16-11-5-3-4-10(14)12(11)17-7-6-15-8-17/h3-9H,1-2H3,(H,16,18). The largest absolute Gasteiger partial charge is 0.372 e. The minimum absolute atomic E-state index is 0.230.